The van der Waals surface area contributed by atoms with Gasteiger partial charge in [0.15, 0.2) is 0 Å². The molecule has 0 bridgehead atoms. The van der Waals surface area contributed by atoms with Gasteiger partial charge >= 0.3 is 0 Å². The summed E-state index contributed by atoms with van der Waals surface area (Å²) in [4.78, 5) is 10.5. The monoisotopic (exact) mass is 693 g/mol. The quantitative estimate of drug-likeness (QED) is 0.195. The van der Waals surface area contributed by atoms with Crippen LogP contribution in [0.3, 0.4) is 0 Å². The van der Waals surface area contributed by atoms with Gasteiger partial charge in [-0.3, -0.25) is 9.55 Å². The van der Waals surface area contributed by atoms with Crippen molar-refractivity contribution in [1.29, 1.82) is 0 Å². The van der Waals surface area contributed by atoms with E-state index in [0.29, 0.717) is 11.7 Å². The molecule has 0 saturated carbocycles. The number of phenolic OH excluding ortho intramolecular Hbond substituents is 1. The van der Waals surface area contributed by atoms with E-state index >= 15 is 0 Å². The van der Waals surface area contributed by atoms with Gasteiger partial charge in [0.05, 0.1) is 28.0 Å². The van der Waals surface area contributed by atoms with Crippen LogP contribution in [0.2, 0.25) is 0 Å². The molecule has 6 aromatic carbocycles. The number of hydrogen-bond acceptors (Lipinski definition) is 3. The number of aromatic nitrogens is 3. The lowest BCUT2D eigenvalue weighted by Crippen LogP contribution is -2.17. The molecule has 8 aromatic rings. The first-order valence-electron chi connectivity index (χ1n) is 18.7. The maximum atomic E-state index is 12.3. The molecule has 8 rings (SSSR count). The lowest BCUT2D eigenvalue weighted by atomic mass is 9.79. The summed E-state index contributed by atoms with van der Waals surface area (Å²) < 4.78 is 2.26. The highest BCUT2D eigenvalue weighted by atomic mass is 16.3. The minimum atomic E-state index is -0.287. The fourth-order valence-electron chi connectivity index (χ4n) is 7.60. The molecule has 264 valence electrons. The number of pyridine rings is 1. The van der Waals surface area contributed by atoms with Crippen LogP contribution >= 0.6 is 0 Å². The van der Waals surface area contributed by atoms with Gasteiger partial charge in [-0.2, -0.15) is 0 Å². The van der Waals surface area contributed by atoms with E-state index in [2.05, 4.69) is 181 Å². The van der Waals surface area contributed by atoms with Crippen LogP contribution in [0.4, 0.5) is 0 Å². The molecule has 0 atom stereocenters. The van der Waals surface area contributed by atoms with Crippen LogP contribution in [-0.4, -0.2) is 19.6 Å². The molecule has 0 spiro atoms. The van der Waals surface area contributed by atoms with E-state index < -0.39 is 0 Å². The summed E-state index contributed by atoms with van der Waals surface area (Å²) in [6, 6.07) is 43.1. The molecule has 0 aliphatic heterocycles. The number of phenols is 1. The highest BCUT2D eigenvalue weighted by Gasteiger charge is 2.29. The molecule has 0 unspecified atom stereocenters. The first kappa shape index (κ1) is 34.4. The van der Waals surface area contributed by atoms with Crippen LogP contribution < -0.4 is 0 Å². The maximum absolute atomic E-state index is 12.3. The number of imidazole rings is 1. The second-order valence-corrected chi connectivity index (χ2v) is 16.7. The van der Waals surface area contributed by atoms with Crippen LogP contribution in [-0.2, 0) is 10.8 Å². The summed E-state index contributed by atoms with van der Waals surface area (Å²) in [5.74, 6) is 1.29. The van der Waals surface area contributed by atoms with E-state index in [1.54, 1.807) is 0 Å². The topological polar surface area (TPSA) is 50.9 Å². The van der Waals surface area contributed by atoms with E-state index in [4.69, 9.17) is 9.97 Å². The van der Waals surface area contributed by atoms with Crippen LogP contribution in [0.1, 0.15) is 78.0 Å². The van der Waals surface area contributed by atoms with Crippen LogP contribution in [0.25, 0.3) is 72.0 Å². The maximum Gasteiger partial charge on any atom is 0.149 e. The minimum absolute atomic E-state index is 0.146. The number of aromatic hydroxyl groups is 1. The number of fused-ring (bicyclic) bond motifs is 3. The Morgan fingerprint density at radius 3 is 2.00 bits per heavy atom. The molecule has 4 heteroatoms. The number of nitrogens with zero attached hydrogens (tertiary/aromatic N) is 3. The van der Waals surface area contributed by atoms with Crippen LogP contribution in [0.5, 0.6) is 5.75 Å². The van der Waals surface area contributed by atoms with Crippen LogP contribution in [0, 0.1) is 0 Å². The van der Waals surface area contributed by atoms with Crippen molar-refractivity contribution in [3.05, 3.63) is 144 Å². The number of para-hydroxylation sites is 1. The van der Waals surface area contributed by atoms with Crippen molar-refractivity contribution in [3.63, 3.8) is 0 Å². The summed E-state index contributed by atoms with van der Waals surface area (Å²) in [6.45, 7) is 17.6. The summed E-state index contributed by atoms with van der Waals surface area (Å²) in [5.41, 5.74) is 10.7. The average Bonchev–Trinajstić information content (AvgIpc) is 3.52. The number of benzene rings is 6. The molecule has 2 aromatic heterocycles. The third-order valence-corrected chi connectivity index (χ3v) is 10.6. The Morgan fingerprint density at radius 2 is 1.28 bits per heavy atom. The Labute approximate surface area is 312 Å². The molecular weight excluding hydrogens is 647 g/mol. The molecule has 53 heavy (non-hydrogen) atoms. The van der Waals surface area contributed by atoms with Crippen LogP contribution in [0.15, 0.2) is 128 Å². The van der Waals surface area contributed by atoms with E-state index in [1.807, 2.05) is 6.20 Å². The Bertz CT molecular complexity index is 2670. The molecule has 0 aliphatic rings. The zero-order valence-corrected chi connectivity index (χ0v) is 32.0. The van der Waals surface area contributed by atoms with Gasteiger partial charge in [0.2, 0.25) is 0 Å². The molecule has 0 aliphatic carbocycles. The summed E-state index contributed by atoms with van der Waals surface area (Å²) in [6.07, 6.45) is 1.91. The molecule has 0 saturated heterocycles. The van der Waals surface area contributed by atoms with E-state index in [1.165, 1.54) is 10.9 Å². The molecule has 0 amide bonds. The normalized spacial score (nSPS) is 12.4. The van der Waals surface area contributed by atoms with Gasteiger partial charge in [-0.1, -0.05) is 140 Å². The Balaban J connectivity index is 1.47. The van der Waals surface area contributed by atoms with Gasteiger partial charge in [-0.25, -0.2) is 4.98 Å². The van der Waals surface area contributed by atoms with E-state index in [0.717, 1.165) is 72.0 Å². The van der Waals surface area contributed by atoms with Crippen molar-refractivity contribution in [3.8, 4) is 45.2 Å². The molecule has 0 radical (unpaired) electrons. The fraction of sp³-hybridized carbons (Fsp3) is 0.224. The number of rotatable bonds is 5. The third kappa shape index (κ3) is 6.06. The molecule has 0 fully saturated rings. The van der Waals surface area contributed by atoms with Crippen molar-refractivity contribution in [2.45, 2.75) is 72.1 Å². The van der Waals surface area contributed by atoms with Gasteiger partial charge in [0, 0.05) is 33.7 Å². The average molecular weight is 694 g/mol. The summed E-state index contributed by atoms with van der Waals surface area (Å²) in [7, 11) is 0. The second-order valence-electron chi connectivity index (χ2n) is 16.7. The van der Waals surface area contributed by atoms with Crippen molar-refractivity contribution < 1.29 is 5.11 Å². The molecule has 2 heterocycles. The first-order chi connectivity index (χ1) is 25.3. The van der Waals surface area contributed by atoms with Crippen molar-refractivity contribution in [2.24, 2.45) is 0 Å². The molecule has 1 N–H and O–H groups in total. The minimum Gasteiger partial charge on any atom is -0.507 e. The van der Waals surface area contributed by atoms with E-state index in [-0.39, 0.29) is 16.6 Å². The second kappa shape index (κ2) is 12.7. The Kier molecular flexibility index (Phi) is 8.25. The van der Waals surface area contributed by atoms with Gasteiger partial charge in [-0.15, -0.1) is 0 Å². The Hall–Kier alpha value is -5.74. The smallest absolute Gasteiger partial charge is 0.149 e. The third-order valence-electron chi connectivity index (χ3n) is 10.6. The van der Waals surface area contributed by atoms with Gasteiger partial charge < -0.3 is 5.11 Å². The van der Waals surface area contributed by atoms with E-state index in [9.17, 15) is 5.11 Å². The lowest BCUT2D eigenvalue weighted by Gasteiger charge is -2.27. The molecule has 4 nitrogen and oxygen atoms in total. The highest BCUT2D eigenvalue weighted by Crippen LogP contribution is 2.45. The largest absolute Gasteiger partial charge is 0.507 e. The number of hydrogen-bond donors (Lipinski definition) is 1. The summed E-state index contributed by atoms with van der Waals surface area (Å²) in [5, 5.41) is 16.8. The zero-order chi connectivity index (χ0) is 37.2. The predicted octanol–water partition coefficient (Wildman–Crippen LogP) is 13.2. The van der Waals surface area contributed by atoms with Crippen molar-refractivity contribution in [1.82, 2.24) is 14.5 Å². The van der Waals surface area contributed by atoms with Gasteiger partial charge in [-0.05, 0) is 80.6 Å². The standard InChI is InChI=1S/C49H47N3O/c1-30(2)33-25-34(27-35(26-33)44-38-19-12-10-16-32(38)23-24-50-44)39-20-14-22-43-45(39)51-47(52(43)42-21-13-17-31-15-9-11-18-37(31)42)40-28-36(48(3,4)5)29-41(46(40)53)49(6,7)8/h9-30,53H,1-8H3. The predicted molar refractivity (Wildman–Crippen MR) is 223 cm³/mol. The van der Waals surface area contributed by atoms with Crippen molar-refractivity contribution in [2.75, 3.05) is 0 Å². The van der Waals surface area contributed by atoms with Gasteiger partial charge in [0.1, 0.15) is 11.6 Å². The SMILES string of the molecule is CC(C)c1cc(-c2nccc3ccccc23)cc(-c2cccc3c2nc(-c2cc(C(C)(C)C)cc(C(C)(C)C)c2O)n3-c2cccc3ccccc23)c1. The molecular formula is C49H47N3O. The Morgan fingerprint density at radius 1 is 0.623 bits per heavy atom. The van der Waals surface area contributed by atoms with Crippen molar-refractivity contribution >= 4 is 32.6 Å². The first-order valence-corrected chi connectivity index (χ1v) is 18.7. The lowest BCUT2D eigenvalue weighted by molar-refractivity contribution is 0.446. The zero-order valence-electron chi connectivity index (χ0n) is 32.0. The fourth-order valence-corrected chi connectivity index (χ4v) is 7.60. The summed E-state index contributed by atoms with van der Waals surface area (Å²) >= 11 is 0. The highest BCUT2D eigenvalue weighted by molar-refractivity contribution is 6.01. The van der Waals surface area contributed by atoms with Gasteiger partial charge in [0.25, 0.3) is 0 Å².